The molecular weight excluding hydrogens is 245 g/mol. The Morgan fingerprint density at radius 1 is 1.35 bits per heavy atom. The van der Waals surface area contributed by atoms with Crippen LogP contribution in [0.5, 0.6) is 0 Å². The number of aliphatic hydroxyl groups is 1. The molecule has 2 fully saturated rings. The van der Waals surface area contributed by atoms with Crippen molar-refractivity contribution in [3.05, 3.63) is 17.3 Å². The van der Waals surface area contributed by atoms with Crippen LogP contribution < -0.4 is 4.90 Å². The SMILES string of the molecule is OC1CC2CCC(C1)N2c1nc(Cl)ncc1F. The summed E-state index contributed by atoms with van der Waals surface area (Å²) in [6.07, 6.45) is 4.14. The van der Waals surface area contributed by atoms with Crippen LogP contribution in [0.15, 0.2) is 6.20 Å². The highest BCUT2D eigenvalue weighted by atomic mass is 35.5. The summed E-state index contributed by atoms with van der Waals surface area (Å²) < 4.78 is 13.7. The maximum Gasteiger partial charge on any atom is 0.224 e. The van der Waals surface area contributed by atoms with Gasteiger partial charge in [-0.05, 0) is 37.3 Å². The van der Waals surface area contributed by atoms with Gasteiger partial charge in [0.1, 0.15) is 0 Å². The van der Waals surface area contributed by atoms with Crippen molar-refractivity contribution < 1.29 is 9.50 Å². The lowest BCUT2D eigenvalue weighted by atomic mass is 10.00. The minimum absolute atomic E-state index is 0.0620. The molecule has 2 bridgehead atoms. The quantitative estimate of drug-likeness (QED) is 0.779. The van der Waals surface area contributed by atoms with Crippen molar-refractivity contribution in [2.24, 2.45) is 0 Å². The van der Waals surface area contributed by atoms with E-state index in [0.29, 0.717) is 12.8 Å². The molecule has 2 saturated heterocycles. The van der Waals surface area contributed by atoms with Gasteiger partial charge in [-0.2, -0.15) is 4.98 Å². The van der Waals surface area contributed by atoms with E-state index in [0.717, 1.165) is 19.0 Å². The molecule has 0 aromatic carbocycles. The number of hydrogen-bond donors (Lipinski definition) is 1. The van der Waals surface area contributed by atoms with Gasteiger partial charge >= 0.3 is 0 Å². The van der Waals surface area contributed by atoms with Gasteiger partial charge in [-0.25, -0.2) is 9.37 Å². The average molecular weight is 258 g/mol. The smallest absolute Gasteiger partial charge is 0.224 e. The van der Waals surface area contributed by atoms with Crippen LogP contribution in [0.1, 0.15) is 25.7 Å². The van der Waals surface area contributed by atoms with E-state index >= 15 is 0 Å². The van der Waals surface area contributed by atoms with Crippen molar-refractivity contribution in [3.8, 4) is 0 Å². The fraction of sp³-hybridized carbons (Fsp3) is 0.636. The molecule has 0 amide bonds. The molecule has 2 unspecified atom stereocenters. The van der Waals surface area contributed by atoms with Crippen LogP contribution in [0.2, 0.25) is 5.28 Å². The number of fused-ring (bicyclic) bond motifs is 2. The van der Waals surface area contributed by atoms with Crippen molar-refractivity contribution in [2.75, 3.05) is 4.90 Å². The van der Waals surface area contributed by atoms with Gasteiger partial charge in [0, 0.05) is 12.1 Å². The number of aromatic nitrogens is 2. The first-order valence-electron chi connectivity index (χ1n) is 5.79. The molecule has 0 saturated carbocycles. The Balaban J connectivity index is 1.97. The zero-order chi connectivity index (χ0) is 12.0. The summed E-state index contributed by atoms with van der Waals surface area (Å²) in [4.78, 5) is 9.58. The second-order valence-corrected chi connectivity index (χ2v) is 5.07. The molecule has 2 aliphatic heterocycles. The van der Waals surface area contributed by atoms with E-state index in [4.69, 9.17) is 11.6 Å². The van der Waals surface area contributed by atoms with E-state index in [-0.39, 0.29) is 29.3 Å². The number of hydrogen-bond acceptors (Lipinski definition) is 4. The summed E-state index contributed by atoms with van der Waals surface area (Å²) in [6, 6.07) is 0.341. The summed E-state index contributed by atoms with van der Waals surface area (Å²) in [7, 11) is 0. The predicted octanol–water partition coefficient (Wildman–Crippen LogP) is 1.76. The Morgan fingerprint density at radius 3 is 2.65 bits per heavy atom. The van der Waals surface area contributed by atoms with Crippen molar-refractivity contribution in [1.29, 1.82) is 0 Å². The highest BCUT2D eigenvalue weighted by Gasteiger charge is 2.41. The fourth-order valence-corrected chi connectivity index (χ4v) is 3.14. The third-order valence-corrected chi connectivity index (χ3v) is 3.83. The third kappa shape index (κ3) is 1.87. The number of nitrogens with zero attached hydrogens (tertiary/aromatic N) is 3. The Hall–Kier alpha value is -0.940. The topological polar surface area (TPSA) is 49.2 Å². The second-order valence-electron chi connectivity index (χ2n) is 4.73. The summed E-state index contributed by atoms with van der Waals surface area (Å²) in [5, 5.41) is 9.76. The molecule has 2 atom stereocenters. The zero-order valence-corrected chi connectivity index (χ0v) is 9.94. The van der Waals surface area contributed by atoms with Crippen molar-refractivity contribution in [3.63, 3.8) is 0 Å². The van der Waals surface area contributed by atoms with Crippen LogP contribution in [0.4, 0.5) is 10.2 Å². The zero-order valence-electron chi connectivity index (χ0n) is 9.18. The number of aliphatic hydroxyl groups excluding tert-OH is 1. The predicted molar refractivity (Wildman–Crippen MR) is 61.5 cm³/mol. The molecule has 1 aromatic heterocycles. The second kappa shape index (κ2) is 4.07. The first-order chi connectivity index (χ1) is 8.15. The summed E-state index contributed by atoms with van der Waals surface area (Å²) in [5.74, 6) is -0.160. The highest BCUT2D eigenvalue weighted by Crippen LogP contribution is 2.39. The first kappa shape index (κ1) is 11.2. The Kier molecular flexibility index (Phi) is 2.67. The maximum atomic E-state index is 13.7. The van der Waals surface area contributed by atoms with Crippen LogP contribution >= 0.6 is 11.6 Å². The molecule has 92 valence electrons. The first-order valence-corrected chi connectivity index (χ1v) is 6.17. The monoisotopic (exact) mass is 257 g/mol. The van der Waals surface area contributed by atoms with Crippen LogP contribution in [0, 0.1) is 5.82 Å². The molecule has 4 nitrogen and oxygen atoms in total. The number of halogens is 2. The van der Waals surface area contributed by atoms with E-state index in [1.54, 1.807) is 0 Å². The third-order valence-electron chi connectivity index (χ3n) is 3.65. The van der Waals surface area contributed by atoms with Crippen LogP contribution in [-0.2, 0) is 0 Å². The molecule has 3 heterocycles. The standard InChI is InChI=1S/C11H13ClFN3O/c12-11-14-5-9(13)10(15-11)16-6-1-2-7(16)4-8(17)3-6/h5-8,17H,1-4H2. The minimum atomic E-state index is -0.442. The van der Waals surface area contributed by atoms with Gasteiger partial charge in [0.2, 0.25) is 5.28 Å². The molecule has 0 radical (unpaired) electrons. The molecule has 3 rings (SSSR count). The molecule has 0 spiro atoms. The van der Waals surface area contributed by atoms with E-state index in [1.807, 2.05) is 4.90 Å². The van der Waals surface area contributed by atoms with Gasteiger partial charge in [-0.15, -0.1) is 0 Å². The molecule has 2 aliphatic rings. The molecule has 1 aromatic rings. The lowest BCUT2D eigenvalue weighted by molar-refractivity contribution is 0.125. The van der Waals surface area contributed by atoms with E-state index < -0.39 is 5.82 Å². The van der Waals surface area contributed by atoms with Gasteiger partial charge in [0.15, 0.2) is 11.6 Å². The highest BCUT2D eigenvalue weighted by molar-refractivity contribution is 6.28. The molecule has 6 heteroatoms. The number of piperidine rings is 1. The lowest BCUT2D eigenvalue weighted by Gasteiger charge is -2.38. The Bertz CT molecular complexity index is 431. The Morgan fingerprint density at radius 2 is 2.00 bits per heavy atom. The van der Waals surface area contributed by atoms with E-state index in [1.165, 1.54) is 0 Å². The summed E-state index contributed by atoms with van der Waals surface area (Å²) in [6.45, 7) is 0. The van der Waals surface area contributed by atoms with Crippen LogP contribution in [0.25, 0.3) is 0 Å². The van der Waals surface area contributed by atoms with E-state index in [2.05, 4.69) is 9.97 Å². The average Bonchev–Trinajstić information content (AvgIpc) is 2.54. The lowest BCUT2D eigenvalue weighted by Crippen LogP contribution is -2.45. The van der Waals surface area contributed by atoms with E-state index in [9.17, 15) is 9.50 Å². The molecule has 17 heavy (non-hydrogen) atoms. The summed E-state index contributed by atoms with van der Waals surface area (Å²) in [5.41, 5.74) is 0. The number of rotatable bonds is 1. The van der Waals surface area contributed by atoms with Gasteiger partial charge < -0.3 is 10.0 Å². The molecular formula is C11H13ClFN3O. The van der Waals surface area contributed by atoms with Crippen LogP contribution in [0.3, 0.4) is 0 Å². The molecule has 1 N–H and O–H groups in total. The van der Waals surface area contributed by atoms with Gasteiger partial charge in [0.25, 0.3) is 0 Å². The normalized spacial score (nSPS) is 31.9. The van der Waals surface area contributed by atoms with Crippen molar-refractivity contribution in [2.45, 2.75) is 43.9 Å². The van der Waals surface area contributed by atoms with Gasteiger partial charge in [-0.1, -0.05) is 0 Å². The van der Waals surface area contributed by atoms with Crippen LogP contribution in [-0.4, -0.2) is 33.3 Å². The Labute approximate surface area is 103 Å². The van der Waals surface area contributed by atoms with Crippen molar-refractivity contribution >= 4 is 17.4 Å². The van der Waals surface area contributed by atoms with Crippen molar-refractivity contribution in [1.82, 2.24) is 9.97 Å². The largest absolute Gasteiger partial charge is 0.393 e. The molecule has 0 aliphatic carbocycles. The fourth-order valence-electron chi connectivity index (χ4n) is 3.01. The van der Waals surface area contributed by atoms with Gasteiger partial charge in [-0.3, -0.25) is 0 Å². The number of anilines is 1. The van der Waals surface area contributed by atoms with Gasteiger partial charge in [0.05, 0.1) is 12.3 Å². The maximum absolute atomic E-state index is 13.7. The minimum Gasteiger partial charge on any atom is -0.393 e. The summed E-state index contributed by atoms with van der Waals surface area (Å²) >= 11 is 5.72.